The van der Waals surface area contributed by atoms with Gasteiger partial charge in [0.2, 0.25) is 0 Å². The fourth-order valence-corrected chi connectivity index (χ4v) is 2.72. The molecular weight excluding hydrogens is 304 g/mol. The molecule has 1 aromatic heterocycles. The zero-order valence-corrected chi connectivity index (χ0v) is 14.6. The van der Waals surface area contributed by atoms with E-state index in [9.17, 15) is 0 Å². The number of aryl methyl sites for hydroxylation is 1. The van der Waals surface area contributed by atoms with Crippen LogP contribution in [0, 0.1) is 0 Å². The van der Waals surface area contributed by atoms with Crippen molar-refractivity contribution in [2.45, 2.75) is 19.8 Å². The summed E-state index contributed by atoms with van der Waals surface area (Å²) >= 11 is 0. The first-order valence-corrected chi connectivity index (χ1v) is 8.52. The molecule has 0 saturated carbocycles. The molecule has 2 heteroatoms. The van der Waals surface area contributed by atoms with Gasteiger partial charge in [-0.3, -0.25) is 0 Å². The maximum absolute atomic E-state index is 4.81. The van der Waals surface area contributed by atoms with Crippen molar-refractivity contribution in [3.63, 3.8) is 0 Å². The molecule has 0 fully saturated rings. The van der Waals surface area contributed by atoms with Crippen LogP contribution in [0.1, 0.15) is 18.2 Å². The quantitative estimate of drug-likeness (QED) is 0.546. The summed E-state index contributed by atoms with van der Waals surface area (Å²) in [5.41, 5.74) is 6.36. The van der Waals surface area contributed by atoms with Gasteiger partial charge in [-0.15, -0.1) is 0 Å². The Kier molecular flexibility index (Phi) is 5.20. The van der Waals surface area contributed by atoms with Crippen LogP contribution in [0.2, 0.25) is 0 Å². The lowest BCUT2D eigenvalue weighted by Crippen LogP contribution is -1.98. The zero-order chi connectivity index (χ0) is 17.6. The lowest BCUT2D eigenvalue weighted by molar-refractivity contribution is 1.01. The molecule has 0 radical (unpaired) electrons. The van der Waals surface area contributed by atoms with Gasteiger partial charge in [-0.1, -0.05) is 80.3 Å². The van der Waals surface area contributed by atoms with Crippen molar-refractivity contribution >= 4 is 0 Å². The standard InChI is InChI=1S/C23H22N2/c1-4-17(3)14-18-10-9-13-20(15-18)22-16-21(5-2)24-23(25-22)19-11-7-6-8-12-19/h4,6-13,15-16H,1,3,5,14H2,2H3. The normalized spacial score (nSPS) is 10.4. The maximum Gasteiger partial charge on any atom is 0.160 e. The summed E-state index contributed by atoms with van der Waals surface area (Å²) in [7, 11) is 0. The summed E-state index contributed by atoms with van der Waals surface area (Å²) in [5, 5.41) is 0. The molecule has 0 aliphatic rings. The lowest BCUT2D eigenvalue weighted by atomic mass is 10.0. The summed E-state index contributed by atoms with van der Waals surface area (Å²) < 4.78 is 0. The van der Waals surface area contributed by atoms with E-state index in [0.717, 1.165) is 46.8 Å². The molecule has 2 nitrogen and oxygen atoms in total. The minimum Gasteiger partial charge on any atom is -0.233 e. The van der Waals surface area contributed by atoms with Gasteiger partial charge in [-0.25, -0.2) is 9.97 Å². The van der Waals surface area contributed by atoms with E-state index in [1.807, 2.05) is 30.3 Å². The molecule has 0 saturated heterocycles. The van der Waals surface area contributed by atoms with E-state index < -0.39 is 0 Å². The van der Waals surface area contributed by atoms with Crippen molar-refractivity contribution in [3.05, 3.63) is 96.7 Å². The Hall–Kier alpha value is -3.00. The number of rotatable bonds is 6. The highest BCUT2D eigenvalue weighted by Gasteiger charge is 2.08. The summed E-state index contributed by atoms with van der Waals surface area (Å²) in [5.74, 6) is 0.774. The highest BCUT2D eigenvalue weighted by molar-refractivity contribution is 5.65. The predicted octanol–water partition coefficient (Wildman–Crippen LogP) is 5.66. The van der Waals surface area contributed by atoms with Gasteiger partial charge in [-0.05, 0) is 30.5 Å². The number of allylic oxidation sites excluding steroid dienone is 2. The van der Waals surface area contributed by atoms with E-state index >= 15 is 0 Å². The van der Waals surface area contributed by atoms with E-state index in [4.69, 9.17) is 9.97 Å². The van der Waals surface area contributed by atoms with E-state index in [1.165, 1.54) is 5.56 Å². The monoisotopic (exact) mass is 326 g/mol. The third kappa shape index (κ3) is 4.10. The van der Waals surface area contributed by atoms with Crippen LogP contribution in [0.25, 0.3) is 22.6 Å². The predicted molar refractivity (Wildman–Crippen MR) is 105 cm³/mol. The molecule has 124 valence electrons. The van der Waals surface area contributed by atoms with Crippen LogP contribution in [0.5, 0.6) is 0 Å². The van der Waals surface area contributed by atoms with Crippen molar-refractivity contribution < 1.29 is 0 Å². The first-order chi connectivity index (χ1) is 12.2. The zero-order valence-electron chi connectivity index (χ0n) is 14.6. The molecule has 0 N–H and O–H groups in total. The SMILES string of the molecule is C=CC(=C)Cc1cccc(-c2cc(CC)nc(-c3ccccc3)n2)c1. The topological polar surface area (TPSA) is 25.8 Å². The first-order valence-electron chi connectivity index (χ1n) is 8.52. The number of hydrogen-bond acceptors (Lipinski definition) is 2. The Balaban J connectivity index is 2.03. The summed E-state index contributed by atoms with van der Waals surface area (Å²) in [6.07, 6.45) is 3.48. The molecule has 3 rings (SSSR count). The second-order valence-electron chi connectivity index (χ2n) is 6.03. The first kappa shape index (κ1) is 16.8. The fourth-order valence-electron chi connectivity index (χ4n) is 2.72. The van der Waals surface area contributed by atoms with Gasteiger partial charge in [0.1, 0.15) is 0 Å². The minimum atomic E-state index is 0.774. The van der Waals surface area contributed by atoms with Crippen LogP contribution in [0.3, 0.4) is 0 Å². The Morgan fingerprint density at radius 2 is 1.72 bits per heavy atom. The lowest BCUT2D eigenvalue weighted by Gasteiger charge is -2.09. The second-order valence-corrected chi connectivity index (χ2v) is 6.03. The van der Waals surface area contributed by atoms with Gasteiger partial charge in [0.05, 0.1) is 5.69 Å². The molecule has 2 aromatic carbocycles. The van der Waals surface area contributed by atoms with E-state index in [2.05, 4.69) is 50.4 Å². The maximum atomic E-state index is 4.81. The molecule has 0 atom stereocenters. The molecule has 0 unspecified atom stereocenters. The van der Waals surface area contributed by atoms with Gasteiger partial charge < -0.3 is 0 Å². The van der Waals surface area contributed by atoms with Gasteiger partial charge in [0, 0.05) is 16.8 Å². The number of hydrogen-bond donors (Lipinski definition) is 0. The van der Waals surface area contributed by atoms with Gasteiger partial charge in [0.25, 0.3) is 0 Å². The van der Waals surface area contributed by atoms with E-state index in [1.54, 1.807) is 6.08 Å². The Bertz CT molecular complexity index is 895. The van der Waals surface area contributed by atoms with Crippen LogP contribution in [-0.2, 0) is 12.8 Å². The Morgan fingerprint density at radius 1 is 0.960 bits per heavy atom. The van der Waals surface area contributed by atoms with E-state index in [0.29, 0.717) is 0 Å². The third-order valence-electron chi connectivity index (χ3n) is 4.12. The Morgan fingerprint density at radius 3 is 2.44 bits per heavy atom. The average molecular weight is 326 g/mol. The molecule has 0 bridgehead atoms. The number of nitrogens with zero attached hydrogens (tertiary/aromatic N) is 2. The smallest absolute Gasteiger partial charge is 0.160 e. The molecule has 1 heterocycles. The van der Waals surface area contributed by atoms with Crippen LogP contribution >= 0.6 is 0 Å². The molecule has 0 spiro atoms. The molecule has 0 aliphatic heterocycles. The number of aromatic nitrogens is 2. The average Bonchev–Trinajstić information content (AvgIpc) is 2.68. The van der Waals surface area contributed by atoms with Crippen molar-refractivity contribution in [2.75, 3.05) is 0 Å². The van der Waals surface area contributed by atoms with E-state index in [-0.39, 0.29) is 0 Å². The van der Waals surface area contributed by atoms with Crippen molar-refractivity contribution in [2.24, 2.45) is 0 Å². The summed E-state index contributed by atoms with van der Waals surface area (Å²) in [6.45, 7) is 9.91. The molecular formula is C23H22N2. The van der Waals surface area contributed by atoms with Crippen LogP contribution < -0.4 is 0 Å². The highest BCUT2D eigenvalue weighted by atomic mass is 14.9. The van der Waals surface area contributed by atoms with Gasteiger partial charge in [-0.2, -0.15) is 0 Å². The molecule has 25 heavy (non-hydrogen) atoms. The summed E-state index contributed by atoms with van der Waals surface area (Å²) in [6, 6.07) is 20.6. The molecule has 0 aliphatic carbocycles. The van der Waals surface area contributed by atoms with Crippen molar-refractivity contribution in [1.29, 1.82) is 0 Å². The molecule has 0 amide bonds. The second kappa shape index (κ2) is 7.71. The highest BCUT2D eigenvalue weighted by Crippen LogP contribution is 2.24. The fraction of sp³-hybridized carbons (Fsp3) is 0.130. The Labute approximate surface area is 149 Å². The summed E-state index contributed by atoms with van der Waals surface area (Å²) in [4.78, 5) is 9.50. The van der Waals surface area contributed by atoms with Crippen molar-refractivity contribution in [1.82, 2.24) is 9.97 Å². The largest absolute Gasteiger partial charge is 0.233 e. The van der Waals surface area contributed by atoms with Gasteiger partial charge >= 0.3 is 0 Å². The van der Waals surface area contributed by atoms with Crippen LogP contribution in [0.15, 0.2) is 85.5 Å². The van der Waals surface area contributed by atoms with Crippen LogP contribution in [0.4, 0.5) is 0 Å². The van der Waals surface area contributed by atoms with Crippen molar-refractivity contribution in [3.8, 4) is 22.6 Å². The third-order valence-corrected chi connectivity index (χ3v) is 4.12. The minimum absolute atomic E-state index is 0.774. The van der Waals surface area contributed by atoms with Crippen LogP contribution in [-0.4, -0.2) is 9.97 Å². The van der Waals surface area contributed by atoms with Gasteiger partial charge in [0.15, 0.2) is 5.82 Å². The molecule has 3 aromatic rings. The number of benzene rings is 2.